The van der Waals surface area contributed by atoms with E-state index < -0.39 is 0 Å². The predicted molar refractivity (Wildman–Crippen MR) is 84.0 cm³/mol. The van der Waals surface area contributed by atoms with Gasteiger partial charge in [0.2, 0.25) is 11.8 Å². The summed E-state index contributed by atoms with van der Waals surface area (Å²) in [4.78, 5) is 22.8. The Morgan fingerprint density at radius 2 is 2.23 bits per heavy atom. The number of aryl methyl sites for hydroxylation is 1. The van der Waals surface area contributed by atoms with E-state index in [0.29, 0.717) is 30.6 Å². The number of nitrogens with one attached hydrogen (secondary N) is 2. The molecule has 1 aliphatic rings. The molecule has 1 saturated heterocycles. The molecule has 4 N–H and O–H groups in total. The number of carbonyl (C=O) groups is 2. The van der Waals surface area contributed by atoms with E-state index in [1.165, 1.54) is 0 Å². The zero-order chi connectivity index (χ0) is 15.9. The second kappa shape index (κ2) is 7.93. The van der Waals surface area contributed by atoms with Gasteiger partial charge in [0, 0.05) is 31.6 Å². The van der Waals surface area contributed by atoms with E-state index in [4.69, 9.17) is 5.73 Å². The molecule has 0 aromatic carbocycles. The highest BCUT2D eigenvalue weighted by Gasteiger charge is 2.22. The average molecular weight is 307 g/mol. The molecule has 2 heterocycles. The topological polar surface area (TPSA) is 102 Å². The Hall–Kier alpha value is -1.89. The standard InChI is InChI=1S/C15H25N5O2/c1-11(12-2-6-17-7-3-12)10-15(22)18-14-5-9-20(19-14)8-4-13(16)21/h5,9,11-12,17H,2-4,6-8,10H2,1H3,(H2,16,21)(H,18,19,22). The number of rotatable bonds is 7. The minimum absolute atomic E-state index is 0.00816. The van der Waals surface area contributed by atoms with Gasteiger partial charge in [-0.15, -0.1) is 0 Å². The lowest BCUT2D eigenvalue weighted by molar-refractivity contribution is -0.118. The van der Waals surface area contributed by atoms with Crippen molar-refractivity contribution in [3.8, 4) is 0 Å². The zero-order valence-electron chi connectivity index (χ0n) is 13.0. The van der Waals surface area contributed by atoms with Crippen LogP contribution < -0.4 is 16.4 Å². The Kier molecular flexibility index (Phi) is 5.94. The molecule has 2 rings (SSSR count). The van der Waals surface area contributed by atoms with Crippen LogP contribution in [-0.2, 0) is 16.1 Å². The second-order valence-corrected chi connectivity index (χ2v) is 6.00. The van der Waals surface area contributed by atoms with E-state index >= 15 is 0 Å². The second-order valence-electron chi connectivity index (χ2n) is 6.00. The Morgan fingerprint density at radius 1 is 1.50 bits per heavy atom. The first-order valence-electron chi connectivity index (χ1n) is 7.87. The van der Waals surface area contributed by atoms with Gasteiger partial charge in [-0.05, 0) is 37.8 Å². The summed E-state index contributed by atoms with van der Waals surface area (Å²) in [5, 5.41) is 10.4. The van der Waals surface area contributed by atoms with Gasteiger partial charge >= 0.3 is 0 Å². The van der Waals surface area contributed by atoms with Crippen LogP contribution >= 0.6 is 0 Å². The molecule has 0 bridgehead atoms. The van der Waals surface area contributed by atoms with Crippen molar-refractivity contribution in [1.82, 2.24) is 15.1 Å². The van der Waals surface area contributed by atoms with Crippen LogP contribution in [0.4, 0.5) is 5.82 Å². The van der Waals surface area contributed by atoms with Crippen molar-refractivity contribution in [2.75, 3.05) is 18.4 Å². The number of hydrogen-bond acceptors (Lipinski definition) is 4. The first kappa shape index (κ1) is 16.5. The highest BCUT2D eigenvalue weighted by atomic mass is 16.2. The first-order valence-corrected chi connectivity index (χ1v) is 7.87. The van der Waals surface area contributed by atoms with E-state index in [1.807, 2.05) is 0 Å². The summed E-state index contributed by atoms with van der Waals surface area (Å²) in [6, 6.07) is 1.73. The minimum Gasteiger partial charge on any atom is -0.370 e. The fourth-order valence-corrected chi connectivity index (χ4v) is 2.84. The van der Waals surface area contributed by atoms with Crippen molar-refractivity contribution in [2.45, 2.75) is 39.2 Å². The number of nitrogens with two attached hydrogens (primary N) is 1. The van der Waals surface area contributed by atoms with E-state index in [2.05, 4.69) is 22.7 Å². The van der Waals surface area contributed by atoms with Crippen LogP contribution in [-0.4, -0.2) is 34.7 Å². The molecule has 1 aromatic rings. The molecule has 1 aliphatic heterocycles. The van der Waals surface area contributed by atoms with E-state index in [-0.39, 0.29) is 18.2 Å². The van der Waals surface area contributed by atoms with Crippen LogP contribution in [0.25, 0.3) is 0 Å². The lowest BCUT2D eigenvalue weighted by Gasteiger charge is -2.27. The molecule has 0 saturated carbocycles. The number of aromatic nitrogens is 2. The van der Waals surface area contributed by atoms with Gasteiger partial charge < -0.3 is 16.4 Å². The smallest absolute Gasteiger partial charge is 0.225 e. The lowest BCUT2D eigenvalue weighted by Crippen LogP contribution is -2.32. The van der Waals surface area contributed by atoms with Crippen molar-refractivity contribution >= 4 is 17.6 Å². The third-order valence-electron chi connectivity index (χ3n) is 4.19. The highest BCUT2D eigenvalue weighted by molar-refractivity contribution is 5.89. The minimum atomic E-state index is -0.364. The molecule has 0 spiro atoms. The maximum absolute atomic E-state index is 12.1. The molecule has 1 unspecified atom stereocenters. The van der Waals surface area contributed by atoms with E-state index in [9.17, 15) is 9.59 Å². The summed E-state index contributed by atoms with van der Waals surface area (Å²) in [5.41, 5.74) is 5.10. The molecule has 0 aliphatic carbocycles. The van der Waals surface area contributed by atoms with Crippen molar-refractivity contribution in [3.63, 3.8) is 0 Å². The summed E-state index contributed by atoms with van der Waals surface area (Å²) < 4.78 is 1.61. The number of amides is 2. The van der Waals surface area contributed by atoms with E-state index in [0.717, 1.165) is 25.9 Å². The largest absolute Gasteiger partial charge is 0.370 e. The van der Waals surface area contributed by atoms with Crippen LogP contribution in [0.5, 0.6) is 0 Å². The third kappa shape index (κ3) is 5.14. The number of primary amides is 1. The van der Waals surface area contributed by atoms with Gasteiger partial charge in [-0.3, -0.25) is 14.3 Å². The zero-order valence-corrected chi connectivity index (χ0v) is 13.0. The number of nitrogens with zero attached hydrogens (tertiary/aromatic N) is 2. The molecule has 0 radical (unpaired) electrons. The number of carbonyl (C=O) groups excluding carboxylic acids is 2. The third-order valence-corrected chi connectivity index (χ3v) is 4.19. The monoisotopic (exact) mass is 307 g/mol. The summed E-state index contributed by atoms with van der Waals surface area (Å²) >= 11 is 0. The van der Waals surface area contributed by atoms with Gasteiger partial charge in [0.05, 0.1) is 0 Å². The van der Waals surface area contributed by atoms with Crippen LogP contribution in [0.1, 0.15) is 32.6 Å². The predicted octanol–water partition coefficient (Wildman–Crippen LogP) is 0.723. The summed E-state index contributed by atoms with van der Waals surface area (Å²) in [6.45, 7) is 4.65. The van der Waals surface area contributed by atoms with Crippen LogP contribution in [0.3, 0.4) is 0 Å². The first-order chi connectivity index (χ1) is 10.5. The van der Waals surface area contributed by atoms with Gasteiger partial charge in [0.15, 0.2) is 5.82 Å². The molecule has 7 nitrogen and oxygen atoms in total. The Bertz CT molecular complexity index is 508. The van der Waals surface area contributed by atoms with Crippen molar-refractivity contribution in [3.05, 3.63) is 12.3 Å². The Morgan fingerprint density at radius 3 is 2.91 bits per heavy atom. The van der Waals surface area contributed by atoms with Crippen LogP contribution in [0.2, 0.25) is 0 Å². The maximum Gasteiger partial charge on any atom is 0.225 e. The fourth-order valence-electron chi connectivity index (χ4n) is 2.84. The molecule has 7 heteroatoms. The SMILES string of the molecule is CC(CC(=O)Nc1ccn(CCC(N)=O)n1)C1CCNCC1. The van der Waals surface area contributed by atoms with Gasteiger partial charge in [-0.2, -0.15) is 5.10 Å². The molecular formula is C15H25N5O2. The maximum atomic E-state index is 12.1. The van der Waals surface area contributed by atoms with Gasteiger partial charge in [0.25, 0.3) is 0 Å². The summed E-state index contributed by atoms with van der Waals surface area (Å²) in [7, 11) is 0. The summed E-state index contributed by atoms with van der Waals surface area (Å²) in [6.07, 6.45) is 4.75. The molecule has 2 amide bonds. The quantitative estimate of drug-likeness (QED) is 0.691. The average Bonchev–Trinajstić information content (AvgIpc) is 2.93. The van der Waals surface area contributed by atoms with Crippen molar-refractivity contribution in [2.24, 2.45) is 17.6 Å². The fraction of sp³-hybridized carbons (Fsp3) is 0.667. The van der Waals surface area contributed by atoms with Gasteiger partial charge in [-0.1, -0.05) is 6.92 Å². The van der Waals surface area contributed by atoms with Gasteiger partial charge in [-0.25, -0.2) is 0 Å². The molecule has 1 fully saturated rings. The molecule has 122 valence electrons. The van der Waals surface area contributed by atoms with Crippen molar-refractivity contribution in [1.29, 1.82) is 0 Å². The van der Waals surface area contributed by atoms with Crippen LogP contribution in [0, 0.1) is 11.8 Å². The summed E-state index contributed by atoms with van der Waals surface area (Å²) in [5.74, 6) is 1.13. The number of hydrogen-bond donors (Lipinski definition) is 3. The highest BCUT2D eigenvalue weighted by Crippen LogP contribution is 2.24. The molecule has 1 atom stereocenters. The molecule has 1 aromatic heterocycles. The number of piperidine rings is 1. The Labute approximate surface area is 130 Å². The number of anilines is 1. The lowest BCUT2D eigenvalue weighted by atomic mass is 9.84. The normalized spacial score (nSPS) is 17.1. The van der Waals surface area contributed by atoms with E-state index in [1.54, 1.807) is 16.9 Å². The molecular weight excluding hydrogens is 282 g/mol. The van der Waals surface area contributed by atoms with Crippen molar-refractivity contribution < 1.29 is 9.59 Å². The van der Waals surface area contributed by atoms with Gasteiger partial charge in [0.1, 0.15) is 0 Å². The van der Waals surface area contributed by atoms with Crippen LogP contribution in [0.15, 0.2) is 12.3 Å². The Balaban J connectivity index is 1.77. The molecule has 22 heavy (non-hydrogen) atoms.